The van der Waals surface area contributed by atoms with Crippen LogP contribution in [0.2, 0.25) is 5.02 Å². The molecule has 1 amide bonds. The van der Waals surface area contributed by atoms with Gasteiger partial charge in [-0.3, -0.25) is 14.2 Å². The molecule has 1 atom stereocenters. The summed E-state index contributed by atoms with van der Waals surface area (Å²) >= 11 is 6.24. The first kappa shape index (κ1) is 33.4. The number of ether oxygens (including phenoxy) is 1. The topological polar surface area (TPSA) is 102 Å². The third kappa shape index (κ3) is 8.07. The van der Waals surface area contributed by atoms with Crippen molar-refractivity contribution in [1.29, 1.82) is 0 Å². The normalized spacial score (nSPS) is 11.7. The van der Waals surface area contributed by atoms with Gasteiger partial charge in [0.2, 0.25) is 12.0 Å². The second-order valence-corrected chi connectivity index (χ2v) is 11.8. The van der Waals surface area contributed by atoms with Crippen molar-refractivity contribution in [2.24, 2.45) is 0 Å². The summed E-state index contributed by atoms with van der Waals surface area (Å²) in [4.78, 5) is 46.1. The highest BCUT2D eigenvalue weighted by Crippen LogP contribution is 2.29. The van der Waals surface area contributed by atoms with E-state index in [4.69, 9.17) is 21.3 Å². The van der Waals surface area contributed by atoms with Gasteiger partial charge in [-0.25, -0.2) is 9.78 Å². The van der Waals surface area contributed by atoms with E-state index in [0.29, 0.717) is 64.6 Å². The van der Waals surface area contributed by atoms with Crippen molar-refractivity contribution in [2.45, 2.75) is 65.1 Å². The minimum atomic E-state index is -1.28. The number of unbranched alkanes of at least 4 members (excludes halogenated alkanes) is 1. The number of nitrogens with zero attached hydrogens (tertiary/aromatic N) is 3. The highest BCUT2D eigenvalue weighted by molar-refractivity contribution is 6.31. The van der Waals surface area contributed by atoms with Crippen LogP contribution >= 0.6 is 11.6 Å². The fourth-order valence-corrected chi connectivity index (χ4v) is 5.71. The number of aryl methyl sites for hydroxylation is 1. The average molecular weight is 652 g/mol. The molecule has 8 nitrogen and oxygen atoms in total. The van der Waals surface area contributed by atoms with Crippen LogP contribution in [0.3, 0.4) is 0 Å². The summed E-state index contributed by atoms with van der Waals surface area (Å²) in [5, 5.41) is 10.6. The molecule has 1 N–H and O–H groups in total. The minimum Gasteiger partial charge on any atom is -0.478 e. The van der Waals surface area contributed by atoms with E-state index in [1.807, 2.05) is 61.5 Å². The van der Waals surface area contributed by atoms with Crippen LogP contribution in [-0.2, 0) is 29.1 Å². The molecule has 0 spiro atoms. The lowest BCUT2D eigenvalue weighted by Gasteiger charge is -2.24. The van der Waals surface area contributed by atoms with Crippen molar-refractivity contribution in [3.05, 3.63) is 135 Å². The van der Waals surface area contributed by atoms with Crippen LogP contribution in [0.1, 0.15) is 68.1 Å². The van der Waals surface area contributed by atoms with Gasteiger partial charge < -0.3 is 14.7 Å². The second-order valence-electron chi connectivity index (χ2n) is 11.4. The SMILES string of the molecule is CCCCc1nc2ccc(N(Cc3ccccc3)C(=O)CCC)cc2c(=O)n1Cc1ccc(OC(C(=O)O)c2ccccc2Cl)cc1. The Hall–Kier alpha value is -4.95. The number of carbonyl (C=O) groups excluding carboxylic acids is 1. The molecule has 0 radical (unpaired) electrons. The molecule has 5 rings (SSSR count). The zero-order chi connectivity index (χ0) is 33.3. The molecule has 47 heavy (non-hydrogen) atoms. The summed E-state index contributed by atoms with van der Waals surface area (Å²) < 4.78 is 7.52. The fraction of sp³-hybridized carbons (Fsp3) is 0.263. The summed E-state index contributed by atoms with van der Waals surface area (Å²) in [6.45, 7) is 4.73. The van der Waals surface area contributed by atoms with Crippen LogP contribution < -0.4 is 15.2 Å². The Morgan fingerprint density at radius 2 is 1.64 bits per heavy atom. The number of aliphatic carboxylic acids is 1. The number of hydrogen-bond acceptors (Lipinski definition) is 5. The molecule has 0 aliphatic rings. The van der Waals surface area contributed by atoms with Gasteiger partial charge in [0.25, 0.3) is 5.56 Å². The highest BCUT2D eigenvalue weighted by atomic mass is 35.5. The molecule has 0 saturated carbocycles. The summed E-state index contributed by atoms with van der Waals surface area (Å²) in [7, 11) is 0. The molecule has 5 aromatic rings. The number of carbonyl (C=O) groups is 2. The Labute approximate surface area is 279 Å². The molecule has 9 heteroatoms. The smallest absolute Gasteiger partial charge is 0.349 e. The molecule has 1 aromatic heterocycles. The van der Waals surface area contributed by atoms with Crippen LogP contribution in [0, 0.1) is 0 Å². The van der Waals surface area contributed by atoms with Crippen molar-refractivity contribution in [2.75, 3.05) is 4.90 Å². The second kappa shape index (κ2) is 15.6. The van der Waals surface area contributed by atoms with Gasteiger partial charge in [-0.1, -0.05) is 92.5 Å². The van der Waals surface area contributed by atoms with E-state index < -0.39 is 12.1 Å². The number of halogens is 1. The van der Waals surface area contributed by atoms with E-state index >= 15 is 0 Å². The van der Waals surface area contributed by atoms with E-state index in [9.17, 15) is 19.5 Å². The number of anilines is 1. The van der Waals surface area contributed by atoms with Crippen LogP contribution in [0.15, 0.2) is 102 Å². The molecule has 0 bridgehead atoms. The summed E-state index contributed by atoms with van der Waals surface area (Å²) in [5.41, 5.74) is 3.24. The Morgan fingerprint density at radius 1 is 0.915 bits per heavy atom. The number of carboxylic acids is 1. The van der Waals surface area contributed by atoms with Gasteiger partial charge in [0.1, 0.15) is 11.6 Å². The molecule has 4 aromatic carbocycles. The van der Waals surface area contributed by atoms with Crippen LogP contribution in [0.5, 0.6) is 5.75 Å². The lowest BCUT2D eigenvalue weighted by Crippen LogP contribution is -2.31. The fourth-order valence-electron chi connectivity index (χ4n) is 5.48. The lowest BCUT2D eigenvalue weighted by atomic mass is 10.1. The van der Waals surface area contributed by atoms with Gasteiger partial charge in [0, 0.05) is 29.1 Å². The maximum absolute atomic E-state index is 14.1. The number of rotatable bonds is 14. The molecule has 0 aliphatic carbocycles. The van der Waals surface area contributed by atoms with E-state index in [2.05, 4.69) is 6.92 Å². The quantitative estimate of drug-likeness (QED) is 0.131. The summed E-state index contributed by atoms with van der Waals surface area (Å²) in [5.74, 6) is -0.124. The van der Waals surface area contributed by atoms with Crippen LogP contribution in [0.4, 0.5) is 5.69 Å². The van der Waals surface area contributed by atoms with Crippen molar-refractivity contribution >= 4 is 40.1 Å². The predicted molar refractivity (Wildman–Crippen MR) is 185 cm³/mol. The Balaban J connectivity index is 1.47. The Morgan fingerprint density at radius 3 is 2.32 bits per heavy atom. The predicted octanol–water partition coefficient (Wildman–Crippen LogP) is 7.98. The minimum absolute atomic E-state index is 0.00876. The lowest BCUT2D eigenvalue weighted by molar-refractivity contribution is -0.145. The van der Waals surface area contributed by atoms with E-state index in [0.717, 1.165) is 24.0 Å². The number of carboxylic acid groups (broad SMARTS) is 1. The van der Waals surface area contributed by atoms with Gasteiger partial charge in [0.15, 0.2) is 0 Å². The summed E-state index contributed by atoms with van der Waals surface area (Å²) in [6.07, 6.45) is 2.29. The molecule has 242 valence electrons. The first-order valence-corrected chi connectivity index (χ1v) is 16.3. The molecule has 0 aliphatic heterocycles. The molecule has 1 heterocycles. The largest absolute Gasteiger partial charge is 0.478 e. The van der Waals surface area contributed by atoms with Gasteiger partial charge in [-0.2, -0.15) is 0 Å². The third-order valence-electron chi connectivity index (χ3n) is 7.96. The van der Waals surface area contributed by atoms with Crippen molar-refractivity contribution < 1.29 is 19.4 Å². The van der Waals surface area contributed by atoms with Crippen molar-refractivity contribution in [3.8, 4) is 5.75 Å². The van der Waals surface area contributed by atoms with Crippen molar-refractivity contribution in [3.63, 3.8) is 0 Å². The van der Waals surface area contributed by atoms with Gasteiger partial charge >= 0.3 is 5.97 Å². The molecular formula is C38H38ClN3O5. The zero-order valence-electron chi connectivity index (χ0n) is 26.6. The maximum Gasteiger partial charge on any atom is 0.349 e. The van der Waals surface area contributed by atoms with Gasteiger partial charge in [-0.15, -0.1) is 0 Å². The molecule has 0 fully saturated rings. The number of hydrogen-bond donors (Lipinski definition) is 1. The molecule has 0 saturated heterocycles. The number of fused-ring (bicyclic) bond motifs is 1. The zero-order valence-corrected chi connectivity index (χ0v) is 27.3. The molecule has 1 unspecified atom stereocenters. The highest BCUT2D eigenvalue weighted by Gasteiger charge is 2.24. The standard InChI is InChI=1S/C38H38ClN3O5/c1-3-5-16-34-40-33-22-19-28(41(35(43)11-4-2)24-26-12-7-6-8-13-26)23-31(33)37(44)42(34)25-27-17-20-29(21-18-27)47-36(38(45)46)30-14-9-10-15-32(30)39/h6-10,12-15,17-23,36H,3-5,11,16,24-25H2,1-2H3,(H,45,46). The van der Waals surface area contributed by atoms with Crippen LogP contribution in [-0.4, -0.2) is 26.5 Å². The maximum atomic E-state index is 14.1. The number of benzene rings is 4. The van der Waals surface area contributed by atoms with Gasteiger partial charge in [-0.05, 0) is 60.4 Å². The van der Waals surface area contributed by atoms with Gasteiger partial charge in [0.05, 0.1) is 24.0 Å². The van der Waals surface area contributed by atoms with E-state index in [1.54, 1.807) is 51.9 Å². The van der Waals surface area contributed by atoms with E-state index in [-0.39, 0.29) is 18.0 Å². The third-order valence-corrected chi connectivity index (χ3v) is 8.30. The summed E-state index contributed by atoms with van der Waals surface area (Å²) in [6, 6.07) is 28.9. The Bertz CT molecular complexity index is 1910. The average Bonchev–Trinajstić information content (AvgIpc) is 3.08. The first-order valence-electron chi connectivity index (χ1n) is 15.9. The number of amides is 1. The monoisotopic (exact) mass is 651 g/mol. The van der Waals surface area contributed by atoms with Crippen LogP contribution in [0.25, 0.3) is 10.9 Å². The first-order chi connectivity index (χ1) is 22.8. The molecular weight excluding hydrogens is 614 g/mol. The Kier molecular flexibility index (Phi) is 11.1. The van der Waals surface area contributed by atoms with Crippen molar-refractivity contribution in [1.82, 2.24) is 9.55 Å². The number of aromatic nitrogens is 2. The van der Waals surface area contributed by atoms with E-state index in [1.165, 1.54) is 0 Å².